The molecule has 1 aromatic heterocycles. The van der Waals surface area contributed by atoms with Crippen molar-refractivity contribution in [2.75, 3.05) is 5.43 Å². The van der Waals surface area contributed by atoms with Crippen molar-refractivity contribution in [2.24, 2.45) is 5.84 Å². The summed E-state index contributed by atoms with van der Waals surface area (Å²) in [5.41, 5.74) is 2.23. The molecule has 0 amide bonds. The van der Waals surface area contributed by atoms with Crippen molar-refractivity contribution < 1.29 is 9.13 Å². The highest BCUT2D eigenvalue weighted by atomic mass is 19.1. The number of hydrogen-bond donors (Lipinski definition) is 2. The van der Waals surface area contributed by atoms with Crippen LogP contribution in [0.15, 0.2) is 6.20 Å². The second-order valence-electron chi connectivity index (χ2n) is 3.21. The third kappa shape index (κ3) is 3.32. The molecule has 1 aromatic rings. The van der Waals surface area contributed by atoms with Gasteiger partial charge in [-0.2, -0.15) is 9.37 Å². The Morgan fingerprint density at radius 2 is 2.40 bits per heavy atom. The fraction of sp³-hybridized carbons (Fsp3) is 0.556. The Bertz CT molecular complexity index is 321. The predicted octanol–water partition coefficient (Wildman–Crippen LogP) is 1.47. The number of hydrazine groups is 1. The van der Waals surface area contributed by atoms with Gasteiger partial charge in [-0.05, 0) is 13.3 Å². The lowest BCUT2D eigenvalue weighted by atomic mass is 10.2. The standard InChI is InChI=1S/C9H15FN4O/c1-3-4-6(2)15-8-7(10)5-12-9(13-8)14-11/h5-6H,3-4,11H2,1-2H3,(H,12,13,14). The van der Waals surface area contributed by atoms with E-state index in [9.17, 15) is 4.39 Å². The summed E-state index contributed by atoms with van der Waals surface area (Å²) >= 11 is 0. The summed E-state index contributed by atoms with van der Waals surface area (Å²) in [6.45, 7) is 3.89. The molecule has 3 N–H and O–H groups in total. The molecule has 6 heteroatoms. The molecule has 5 nitrogen and oxygen atoms in total. The number of aromatic nitrogens is 2. The van der Waals surface area contributed by atoms with Crippen LogP contribution < -0.4 is 16.0 Å². The van der Waals surface area contributed by atoms with E-state index in [1.807, 2.05) is 13.8 Å². The predicted molar refractivity (Wildman–Crippen MR) is 54.8 cm³/mol. The van der Waals surface area contributed by atoms with E-state index in [0.717, 1.165) is 19.0 Å². The highest BCUT2D eigenvalue weighted by molar-refractivity contribution is 5.26. The van der Waals surface area contributed by atoms with E-state index in [1.165, 1.54) is 0 Å². The van der Waals surface area contributed by atoms with Crippen molar-refractivity contribution in [3.05, 3.63) is 12.0 Å². The van der Waals surface area contributed by atoms with Crippen molar-refractivity contribution in [3.8, 4) is 5.88 Å². The van der Waals surface area contributed by atoms with Gasteiger partial charge in [0.1, 0.15) is 0 Å². The molecule has 0 fully saturated rings. The van der Waals surface area contributed by atoms with E-state index in [4.69, 9.17) is 10.6 Å². The van der Waals surface area contributed by atoms with E-state index < -0.39 is 5.82 Å². The summed E-state index contributed by atoms with van der Waals surface area (Å²) in [4.78, 5) is 7.38. The number of nitrogens with zero attached hydrogens (tertiary/aromatic N) is 2. The van der Waals surface area contributed by atoms with E-state index in [0.29, 0.717) is 0 Å². The summed E-state index contributed by atoms with van der Waals surface area (Å²) in [6.07, 6.45) is 2.76. The third-order valence-corrected chi connectivity index (χ3v) is 1.85. The molecule has 0 aromatic carbocycles. The lowest BCUT2D eigenvalue weighted by molar-refractivity contribution is 0.191. The second-order valence-corrected chi connectivity index (χ2v) is 3.21. The van der Waals surface area contributed by atoms with Crippen LogP contribution in [0.1, 0.15) is 26.7 Å². The van der Waals surface area contributed by atoms with Crippen LogP contribution >= 0.6 is 0 Å². The Kier molecular flexibility index (Phi) is 4.23. The summed E-state index contributed by atoms with van der Waals surface area (Å²) in [7, 11) is 0. The molecule has 1 heterocycles. The smallest absolute Gasteiger partial charge is 0.255 e. The first-order chi connectivity index (χ1) is 7.17. The van der Waals surface area contributed by atoms with E-state index in [1.54, 1.807) is 0 Å². The average molecular weight is 214 g/mol. The Morgan fingerprint density at radius 3 is 3.00 bits per heavy atom. The number of nitrogens with two attached hydrogens (primary N) is 1. The first kappa shape index (κ1) is 11.6. The molecule has 1 unspecified atom stereocenters. The van der Waals surface area contributed by atoms with Gasteiger partial charge in [0.2, 0.25) is 11.8 Å². The number of ether oxygens (including phenoxy) is 1. The Hall–Kier alpha value is -1.43. The van der Waals surface area contributed by atoms with E-state index in [-0.39, 0.29) is 17.9 Å². The van der Waals surface area contributed by atoms with Crippen molar-refractivity contribution >= 4 is 5.95 Å². The highest BCUT2D eigenvalue weighted by Gasteiger charge is 2.11. The van der Waals surface area contributed by atoms with Gasteiger partial charge < -0.3 is 4.74 Å². The monoisotopic (exact) mass is 214 g/mol. The molecular formula is C9H15FN4O. The van der Waals surface area contributed by atoms with Crippen LogP contribution in [-0.4, -0.2) is 16.1 Å². The molecular weight excluding hydrogens is 199 g/mol. The highest BCUT2D eigenvalue weighted by Crippen LogP contribution is 2.16. The molecule has 0 aliphatic rings. The van der Waals surface area contributed by atoms with Gasteiger partial charge in [-0.3, -0.25) is 5.43 Å². The van der Waals surface area contributed by atoms with Crippen LogP contribution in [0.5, 0.6) is 5.88 Å². The zero-order valence-corrected chi connectivity index (χ0v) is 8.83. The summed E-state index contributed by atoms with van der Waals surface area (Å²) in [5, 5.41) is 0. The molecule has 1 rings (SSSR count). The largest absolute Gasteiger partial charge is 0.472 e. The SMILES string of the molecule is CCCC(C)Oc1nc(NN)ncc1F. The van der Waals surface area contributed by atoms with Crippen molar-refractivity contribution in [1.29, 1.82) is 0 Å². The molecule has 1 atom stereocenters. The van der Waals surface area contributed by atoms with Crippen LogP contribution in [0.25, 0.3) is 0 Å². The van der Waals surface area contributed by atoms with Crippen LogP contribution in [0, 0.1) is 5.82 Å². The first-order valence-corrected chi connectivity index (χ1v) is 4.83. The van der Waals surface area contributed by atoms with Crippen LogP contribution in [-0.2, 0) is 0 Å². The Balaban J connectivity index is 2.74. The average Bonchev–Trinajstić information content (AvgIpc) is 2.21. The molecule has 0 saturated heterocycles. The van der Waals surface area contributed by atoms with Gasteiger partial charge >= 0.3 is 0 Å². The third-order valence-electron chi connectivity index (χ3n) is 1.85. The van der Waals surface area contributed by atoms with E-state index >= 15 is 0 Å². The van der Waals surface area contributed by atoms with Gasteiger partial charge in [-0.25, -0.2) is 10.8 Å². The number of nitrogen functional groups attached to an aromatic ring is 1. The van der Waals surface area contributed by atoms with Gasteiger partial charge in [0, 0.05) is 0 Å². The minimum Gasteiger partial charge on any atom is -0.472 e. The minimum atomic E-state index is -0.586. The molecule has 15 heavy (non-hydrogen) atoms. The number of hydrogen-bond acceptors (Lipinski definition) is 5. The fourth-order valence-electron chi connectivity index (χ4n) is 1.16. The lowest BCUT2D eigenvalue weighted by Gasteiger charge is -2.13. The summed E-state index contributed by atoms with van der Waals surface area (Å²) < 4.78 is 18.5. The zero-order chi connectivity index (χ0) is 11.3. The molecule has 0 bridgehead atoms. The molecule has 0 spiro atoms. The summed E-state index contributed by atoms with van der Waals surface area (Å²) in [6, 6.07) is 0. The molecule has 0 aliphatic carbocycles. The van der Waals surface area contributed by atoms with Crippen LogP contribution in [0.2, 0.25) is 0 Å². The fourth-order valence-corrected chi connectivity index (χ4v) is 1.16. The van der Waals surface area contributed by atoms with Gasteiger partial charge in [0.25, 0.3) is 5.88 Å². The maximum Gasteiger partial charge on any atom is 0.255 e. The first-order valence-electron chi connectivity index (χ1n) is 4.83. The number of anilines is 1. The number of halogens is 1. The maximum atomic E-state index is 13.2. The van der Waals surface area contributed by atoms with Gasteiger partial charge in [0.15, 0.2) is 0 Å². The van der Waals surface area contributed by atoms with Gasteiger partial charge in [0.05, 0.1) is 12.3 Å². The summed E-state index contributed by atoms with van der Waals surface area (Å²) in [5.74, 6) is 4.58. The van der Waals surface area contributed by atoms with Gasteiger partial charge in [-0.15, -0.1) is 0 Å². The lowest BCUT2D eigenvalue weighted by Crippen LogP contribution is -2.16. The quantitative estimate of drug-likeness (QED) is 0.573. The van der Waals surface area contributed by atoms with Crippen LogP contribution in [0.4, 0.5) is 10.3 Å². The minimum absolute atomic E-state index is 0.0705. The van der Waals surface area contributed by atoms with Crippen molar-refractivity contribution in [1.82, 2.24) is 9.97 Å². The van der Waals surface area contributed by atoms with E-state index in [2.05, 4.69) is 15.4 Å². The zero-order valence-electron chi connectivity index (χ0n) is 8.83. The maximum absolute atomic E-state index is 13.2. The molecule has 0 radical (unpaired) electrons. The second kappa shape index (κ2) is 5.45. The molecule has 0 saturated carbocycles. The normalized spacial score (nSPS) is 12.3. The Morgan fingerprint density at radius 1 is 1.67 bits per heavy atom. The molecule has 84 valence electrons. The van der Waals surface area contributed by atoms with Crippen LogP contribution in [0.3, 0.4) is 0 Å². The van der Waals surface area contributed by atoms with Crippen molar-refractivity contribution in [2.45, 2.75) is 32.8 Å². The topological polar surface area (TPSA) is 73.1 Å². The number of rotatable bonds is 5. The number of nitrogens with one attached hydrogen (secondary N) is 1. The Labute approximate surface area is 87.8 Å². The molecule has 0 aliphatic heterocycles. The van der Waals surface area contributed by atoms with Gasteiger partial charge in [-0.1, -0.05) is 13.3 Å². The van der Waals surface area contributed by atoms with Crippen molar-refractivity contribution in [3.63, 3.8) is 0 Å².